The number of ether oxygens (including phenoxy) is 4. The standard InChI is InChI=1S/C74H144O17P2/c1-7-10-12-14-16-18-19-20-21-22-23-24-25-26-27-28-29-34-40-46-52-58-73(78)90-69(63-85-72(77)57-51-45-39-33-31-30-32-37-43-49-55-67(6)9-3)64-88-92(80,81)86-60-68(75)61-87-93(82,83)89-65-70(62-84-71(76)56-50-44-38-17-15-13-11-8-2)91-74(79)59-53-47-41-35-36-42-48-54-66(4)5/h66-70,75H,7-65H2,1-6H3,(H,80,81)(H,82,83)/t67?,68-,69-,70-/m1/s1. The topological polar surface area (TPSA) is 237 Å². The van der Waals surface area contributed by atoms with Crippen LogP contribution in [-0.2, 0) is 65.4 Å². The van der Waals surface area contributed by atoms with Crippen molar-refractivity contribution in [1.82, 2.24) is 0 Å². The molecule has 0 rings (SSSR count). The molecule has 3 N–H and O–H groups in total. The first kappa shape index (κ1) is 91.1. The summed E-state index contributed by atoms with van der Waals surface area (Å²) in [7, 11) is -9.90. The molecule has 0 saturated carbocycles. The number of phosphoric acid groups is 2. The fraction of sp³-hybridized carbons (Fsp3) is 0.946. The third-order valence-electron chi connectivity index (χ3n) is 17.6. The van der Waals surface area contributed by atoms with E-state index in [9.17, 15) is 43.2 Å². The lowest BCUT2D eigenvalue weighted by molar-refractivity contribution is -0.161. The summed E-state index contributed by atoms with van der Waals surface area (Å²) in [5.74, 6) is -0.619. The molecule has 17 nitrogen and oxygen atoms in total. The molecule has 3 unspecified atom stereocenters. The Morgan fingerprint density at radius 2 is 0.548 bits per heavy atom. The summed E-state index contributed by atoms with van der Waals surface area (Å²) in [6.45, 7) is 9.51. The number of hydrogen-bond acceptors (Lipinski definition) is 15. The summed E-state index contributed by atoms with van der Waals surface area (Å²) in [4.78, 5) is 72.6. The normalized spacial score (nSPS) is 14.3. The Bertz CT molecular complexity index is 1810. The van der Waals surface area contributed by atoms with Crippen molar-refractivity contribution in [2.75, 3.05) is 39.6 Å². The van der Waals surface area contributed by atoms with Gasteiger partial charge in [-0.3, -0.25) is 37.3 Å². The predicted molar refractivity (Wildman–Crippen MR) is 377 cm³/mol. The van der Waals surface area contributed by atoms with E-state index >= 15 is 0 Å². The second-order valence-electron chi connectivity index (χ2n) is 27.4. The molecule has 0 aliphatic rings. The molecule has 0 radical (unpaired) electrons. The SMILES string of the molecule is CCCCCCCCCCCCCCCCCCCCCCCC(=O)O[C@H](COC(=O)CCCCCCCCCCCCC(C)CC)COP(=O)(O)OC[C@@H](O)COP(=O)(O)OC[C@@H](COC(=O)CCCCCCCCCC)OC(=O)CCCCCCCCCC(C)C. The van der Waals surface area contributed by atoms with Gasteiger partial charge in [-0.1, -0.05) is 330 Å². The second-order valence-corrected chi connectivity index (χ2v) is 30.3. The summed E-state index contributed by atoms with van der Waals surface area (Å²) < 4.78 is 68.3. The monoisotopic (exact) mass is 1370 g/mol. The van der Waals surface area contributed by atoms with E-state index < -0.39 is 97.5 Å². The number of hydrogen-bond donors (Lipinski definition) is 3. The van der Waals surface area contributed by atoms with Crippen LogP contribution in [0, 0.1) is 11.8 Å². The molecular weight excluding hydrogens is 1220 g/mol. The molecule has 93 heavy (non-hydrogen) atoms. The highest BCUT2D eigenvalue weighted by atomic mass is 31.2. The first-order valence-electron chi connectivity index (χ1n) is 38.5. The highest BCUT2D eigenvalue weighted by Gasteiger charge is 2.30. The second kappa shape index (κ2) is 66.0. The van der Waals surface area contributed by atoms with Gasteiger partial charge in [-0.2, -0.15) is 0 Å². The van der Waals surface area contributed by atoms with Crippen molar-refractivity contribution in [3.05, 3.63) is 0 Å². The van der Waals surface area contributed by atoms with Gasteiger partial charge in [-0.25, -0.2) is 9.13 Å². The van der Waals surface area contributed by atoms with E-state index in [0.29, 0.717) is 31.6 Å². The molecule has 0 aromatic rings. The minimum atomic E-state index is -4.95. The smallest absolute Gasteiger partial charge is 0.462 e. The van der Waals surface area contributed by atoms with Crippen LogP contribution in [0.5, 0.6) is 0 Å². The van der Waals surface area contributed by atoms with Crippen LogP contribution in [0.25, 0.3) is 0 Å². The summed E-state index contributed by atoms with van der Waals surface area (Å²) in [6.07, 6.45) is 53.0. The molecule has 0 aliphatic heterocycles. The van der Waals surface area contributed by atoms with Gasteiger partial charge in [0.05, 0.1) is 26.4 Å². The van der Waals surface area contributed by atoms with E-state index in [1.165, 1.54) is 193 Å². The van der Waals surface area contributed by atoms with Crippen LogP contribution in [0.3, 0.4) is 0 Å². The molecular formula is C74H144O17P2. The lowest BCUT2D eigenvalue weighted by atomic mass is 9.99. The van der Waals surface area contributed by atoms with E-state index in [0.717, 1.165) is 102 Å². The van der Waals surface area contributed by atoms with Gasteiger partial charge in [0.2, 0.25) is 0 Å². The Morgan fingerprint density at radius 3 is 0.817 bits per heavy atom. The number of carbonyl (C=O) groups is 4. The Morgan fingerprint density at radius 1 is 0.312 bits per heavy atom. The van der Waals surface area contributed by atoms with Gasteiger partial charge >= 0.3 is 39.5 Å². The minimum absolute atomic E-state index is 0.103. The van der Waals surface area contributed by atoms with E-state index in [1.807, 2.05) is 0 Å². The van der Waals surface area contributed by atoms with Gasteiger partial charge in [-0.05, 0) is 37.5 Å². The zero-order valence-corrected chi connectivity index (χ0v) is 62.3. The van der Waals surface area contributed by atoms with Gasteiger partial charge in [0, 0.05) is 25.7 Å². The average Bonchev–Trinajstić information content (AvgIpc) is 2.68. The third-order valence-corrected chi connectivity index (χ3v) is 19.5. The highest BCUT2D eigenvalue weighted by Crippen LogP contribution is 2.45. The molecule has 0 fully saturated rings. The average molecular weight is 1370 g/mol. The summed E-state index contributed by atoms with van der Waals surface area (Å²) in [6, 6.07) is 0. The van der Waals surface area contributed by atoms with E-state index in [2.05, 4.69) is 41.5 Å². The third kappa shape index (κ3) is 67.0. The lowest BCUT2D eigenvalue weighted by Crippen LogP contribution is -2.30. The Balaban J connectivity index is 5.17. The molecule has 0 aliphatic carbocycles. The number of phosphoric ester groups is 2. The Kier molecular flexibility index (Phi) is 64.6. The first-order chi connectivity index (χ1) is 44.9. The number of esters is 4. The quantitative estimate of drug-likeness (QED) is 0.0222. The zero-order valence-electron chi connectivity index (χ0n) is 60.6. The van der Waals surface area contributed by atoms with Crippen LogP contribution >= 0.6 is 15.6 Å². The van der Waals surface area contributed by atoms with Crippen molar-refractivity contribution in [2.45, 2.75) is 400 Å². The lowest BCUT2D eigenvalue weighted by Gasteiger charge is -2.21. The molecule has 0 spiro atoms. The van der Waals surface area contributed by atoms with Gasteiger partial charge in [0.1, 0.15) is 19.3 Å². The molecule has 0 bridgehead atoms. The van der Waals surface area contributed by atoms with Gasteiger partial charge in [0.25, 0.3) is 0 Å². The predicted octanol–water partition coefficient (Wildman–Crippen LogP) is 21.6. The maximum absolute atomic E-state index is 13.1. The number of unbranched alkanes of at least 4 members (excludes halogenated alkanes) is 42. The number of rotatable bonds is 73. The molecule has 0 amide bonds. The zero-order chi connectivity index (χ0) is 68.6. The van der Waals surface area contributed by atoms with Crippen molar-refractivity contribution in [3.63, 3.8) is 0 Å². The summed E-state index contributed by atoms with van der Waals surface area (Å²) in [5, 5.41) is 10.6. The maximum atomic E-state index is 13.1. The molecule has 0 aromatic heterocycles. The van der Waals surface area contributed by atoms with Crippen LogP contribution in [0.2, 0.25) is 0 Å². The van der Waals surface area contributed by atoms with Crippen molar-refractivity contribution in [2.24, 2.45) is 11.8 Å². The number of aliphatic hydroxyl groups excluding tert-OH is 1. The molecule has 0 saturated heterocycles. The van der Waals surface area contributed by atoms with Crippen LogP contribution in [0.1, 0.15) is 382 Å². The van der Waals surface area contributed by atoms with Gasteiger partial charge < -0.3 is 33.8 Å². The van der Waals surface area contributed by atoms with Crippen molar-refractivity contribution < 1.29 is 80.2 Å². The fourth-order valence-corrected chi connectivity index (χ4v) is 12.8. The highest BCUT2D eigenvalue weighted by molar-refractivity contribution is 7.47. The fourth-order valence-electron chi connectivity index (χ4n) is 11.3. The van der Waals surface area contributed by atoms with Gasteiger partial charge in [-0.15, -0.1) is 0 Å². The summed E-state index contributed by atoms with van der Waals surface area (Å²) in [5.41, 5.74) is 0. The van der Waals surface area contributed by atoms with Crippen LogP contribution < -0.4 is 0 Å². The number of aliphatic hydroxyl groups is 1. The van der Waals surface area contributed by atoms with E-state index in [1.54, 1.807) is 0 Å². The van der Waals surface area contributed by atoms with Crippen LogP contribution in [0.4, 0.5) is 0 Å². The van der Waals surface area contributed by atoms with Crippen molar-refractivity contribution >= 4 is 39.5 Å². The molecule has 0 heterocycles. The largest absolute Gasteiger partial charge is 0.472 e. The Hall–Kier alpha value is -1.94. The molecule has 0 aromatic carbocycles. The minimum Gasteiger partial charge on any atom is -0.462 e. The molecule has 19 heteroatoms. The maximum Gasteiger partial charge on any atom is 0.472 e. The van der Waals surface area contributed by atoms with Crippen LogP contribution in [0.15, 0.2) is 0 Å². The van der Waals surface area contributed by atoms with E-state index in [-0.39, 0.29) is 25.7 Å². The number of carbonyl (C=O) groups excluding carboxylic acids is 4. The van der Waals surface area contributed by atoms with E-state index in [4.69, 9.17) is 37.0 Å². The molecule has 552 valence electrons. The first-order valence-corrected chi connectivity index (χ1v) is 41.5. The van der Waals surface area contributed by atoms with Crippen LogP contribution in [-0.4, -0.2) is 96.7 Å². The Labute approximate surface area is 568 Å². The summed E-state index contributed by atoms with van der Waals surface area (Å²) >= 11 is 0. The van der Waals surface area contributed by atoms with Crippen molar-refractivity contribution in [3.8, 4) is 0 Å². The van der Waals surface area contributed by atoms with Crippen molar-refractivity contribution in [1.29, 1.82) is 0 Å². The molecule has 6 atom stereocenters. The van der Waals surface area contributed by atoms with Gasteiger partial charge in [0.15, 0.2) is 12.2 Å².